The van der Waals surface area contributed by atoms with Crippen molar-refractivity contribution in [1.29, 1.82) is 0 Å². The fourth-order valence-electron chi connectivity index (χ4n) is 7.92. The van der Waals surface area contributed by atoms with Crippen molar-refractivity contribution in [2.75, 3.05) is 14.7 Å². The van der Waals surface area contributed by atoms with Gasteiger partial charge >= 0.3 is 0 Å². The van der Waals surface area contributed by atoms with Crippen LogP contribution < -0.4 is 14.7 Å². The van der Waals surface area contributed by atoms with Gasteiger partial charge in [0.05, 0.1) is 15.1 Å². The quantitative estimate of drug-likeness (QED) is 0.136. The van der Waals surface area contributed by atoms with Crippen LogP contribution in [0.25, 0.3) is 43.5 Å². The van der Waals surface area contributed by atoms with Crippen molar-refractivity contribution in [3.63, 3.8) is 0 Å². The predicted octanol–water partition coefficient (Wildman–Crippen LogP) is 16.3. The summed E-state index contributed by atoms with van der Waals surface area (Å²) in [5.74, 6) is 0. The first kappa shape index (κ1) is 25.3. The first-order valence-electron chi connectivity index (χ1n) is 25.0. The molecule has 10 aromatic carbocycles. The zero-order chi connectivity index (χ0) is 49.4. The summed E-state index contributed by atoms with van der Waals surface area (Å²) in [5, 5.41) is -0.693. The van der Waals surface area contributed by atoms with Crippen LogP contribution in [0.3, 0.4) is 0 Å². The van der Waals surface area contributed by atoms with Gasteiger partial charge in [-0.15, -0.1) is 0 Å². The van der Waals surface area contributed by atoms with E-state index in [2.05, 4.69) is 58.3 Å². The Morgan fingerprint density at radius 3 is 1.25 bits per heavy atom. The van der Waals surface area contributed by atoms with Gasteiger partial charge in [0.15, 0.2) is 0 Å². The molecule has 0 unspecified atom stereocenters. The minimum Gasteiger partial charge on any atom is -0.455 e. The van der Waals surface area contributed by atoms with Crippen LogP contribution in [0.4, 0.5) is 51.2 Å². The molecule has 0 N–H and O–H groups in total. The Hall–Kier alpha value is -8.08. The van der Waals surface area contributed by atoms with Gasteiger partial charge in [-0.1, -0.05) is 127 Å². The van der Waals surface area contributed by atoms with E-state index in [-0.39, 0.29) is 55.2 Å². The van der Waals surface area contributed by atoms with Crippen LogP contribution in [0.2, 0.25) is 0 Å². The highest BCUT2D eigenvalue weighted by atomic mass is 16.3. The number of furan rings is 1. The monoisotopic (exact) mass is 780 g/mol. The van der Waals surface area contributed by atoms with Crippen LogP contribution in [0.1, 0.15) is 15.1 Å². The van der Waals surface area contributed by atoms with Gasteiger partial charge in [0.25, 0.3) is 0 Å². The van der Waals surface area contributed by atoms with E-state index < -0.39 is 60.4 Å². The summed E-state index contributed by atoms with van der Waals surface area (Å²) in [6.07, 6.45) is 0. The Kier molecular flexibility index (Phi) is 6.34. The molecule has 1 aromatic heterocycles. The molecule has 11 rings (SSSR count). The molecule has 0 spiro atoms. The van der Waals surface area contributed by atoms with Crippen molar-refractivity contribution in [3.8, 4) is 0 Å². The van der Waals surface area contributed by atoms with E-state index in [1.165, 1.54) is 0 Å². The Morgan fingerprint density at radius 2 is 0.717 bits per heavy atom. The highest BCUT2D eigenvalue weighted by Crippen LogP contribution is 2.46. The smallest absolute Gasteiger partial charge is 0.143 e. The molecule has 0 saturated heterocycles. The zero-order valence-corrected chi connectivity index (χ0v) is 31.9. The zero-order valence-electron chi connectivity index (χ0n) is 42.9. The van der Waals surface area contributed by atoms with Crippen LogP contribution >= 0.6 is 0 Å². The SMILES string of the molecule is [2H]c1c([2H])c([2H])c2c(oc3c4c([2H])c([2H])c([2H])c([2H])c4c4c([2H])c([2H])c(N(c5ccccc5)c5cccc(N(c6ccccc6)c6ccc(N(c7ccccc7)c7ccccc7)cc6)c5)c([2H])c4c32)c1[2H]. The van der Waals surface area contributed by atoms with Gasteiger partial charge in [-0.3, -0.25) is 0 Å². The third-order valence-electron chi connectivity index (χ3n) is 10.5. The molecule has 0 bridgehead atoms. The van der Waals surface area contributed by atoms with Crippen LogP contribution in [0.5, 0.6) is 0 Å². The van der Waals surface area contributed by atoms with Crippen molar-refractivity contribution in [3.05, 3.63) is 236 Å². The molecular weight excluding hydrogens is 731 g/mol. The van der Waals surface area contributed by atoms with Gasteiger partial charge in [0.2, 0.25) is 0 Å². The highest BCUT2D eigenvalue weighted by Gasteiger charge is 2.21. The van der Waals surface area contributed by atoms with E-state index in [1.54, 1.807) is 4.90 Å². The van der Waals surface area contributed by atoms with Gasteiger partial charge in [-0.05, 0) is 125 Å². The summed E-state index contributed by atoms with van der Waals surface area (Å²) in [4.78, 5) is 5.98. The topological polar surface area (TPSA) is 22.9 Å². The fourth-order valence-corrected chi connectivity index (χ4v) is 7.92. The van der Waals surface area contributed by atoms with E-state index in [9.17, 15) is 4.11 Å². The van der Waals surface area contributed by atoms with Gasteiger partial charge in [-0.2, -0.15) is 0 Å². The normalized spacial score (nSPS) is 13.9. The molecule has 0 amide bonds. The number of hydrogen-bond donors (Lipinski definition) is 0. The maximum atomic E-state index is 10.2. The molecule has 4 heteroatoms. The van der Waals surface area contributed by atoms with Gasteiger partial charge < -0.3 is 19.1 Å². The minimum atomic E-state index is -0.602. The highest BCUT2D eigenvalue weighted by molar-refractivity contribution is 6.30. The molecule has 4 nitrogen and oxygen atoms in total. The average Bonchev–Trinajstić information content (AvgIpc) is 3.81. The van der Waals surface area contributed by atoms with Gasteiger partial charge in [-0.25, -0.2) is 0 Å². The summed E-state index contributed by atoms with van der Waals surface area (Å²) in [6.45, 7) is 0. The third-order valence-corrected chi connectivity index (χ3v) is 10.5. The average molecular weight is 781 g/mol. The second-order valence-corrected chi connectivity index (χ2v) is 14.1. The Balaban J connectivity index is 1.16. The molecule has 0 saturated carbocycles. The summed E-state index contributed by atoms with van der Waals surface area (Å²) in [7, 11) is 0. The maximum absolute atomic E-state index is 10.2. The molecule has 1 heterocycles. The number of rotatable bonds is 9. The van der Waals surface area contributed by atoms with E-state index in [0.717, 1.165) is 34.1 Å². The summed E-state index contributed by atoms with van der Waals surface area (Å²) >= 11 is 0. The van der Waals surface area contributed by atoms with Crippen molar-refractivity contribution < 1.29 is 19.5 Å². The van der Waals surface area contributed by atoms with Gasteiger partial charge in [0.1, 0.15) is 11.2 Å². The lowest BCUT2D eigenvalue weighted by molar-refractivity contribution is 0.673. The molecule has 0 aliphatic rings. The lowest BCUT2D eigenvalue weighted by Crippen LogP contribution is -2.13. The van der Waals surface area contributed by atoms with Crippen molar-refractivity contribution in [2.45, 2.75) is 0 Å². The number of fused-ring (bicyclic) bond motifs is 8. The molecule has 60 heavy (non-hydrogen) atoms. The number of nitrogens with zero attached hydrogens (tertiary/aromatic N) is 3. The Labute approximate surface area is 364 Å². The van der Waals surface area contributed by atoms with E-state index >= 15 is 0 Å². The maximum Gasteiger partial charge on any atom is 0.143 e. The van der Waals surface area contributed by atoms with Crippen molar-refractivity contribution in [1.82, 2.24) is 0 Å². The Morgan fingerprint density at radius 1 is 0.317 bits per heavy atom. The first-order valence-corrected chi connectivity index (χ1v) is 19.5. The lowest BCUT2D eigenvalue weighted by atomic mass is 9.96. The molecule has 0 atom stereocenters. The molecule has 0 radical (unpaired) electrons. The second-order valence-electron chi connectivity index (χ2n) is 14.1. The van der Waals surface area contributed by atoms with Crippen molar-refractivity contribution in [2.24, 2.45) is 0 Å². The molecule has 0 fully saturated rings. The Bertz CT molecular complexity index is 3860. The first-order chi connectivity index (χ1) is 34.4. The van der Waals surface area contributed by atoms with Crippen LogP contribution in [-0.4, -0.2) is 0 Å². The minimum absolute atomic E-state index is 0.0298. The number of benzene rings is 10. The number of anilines is 9. The second kappa shape index (κ2) is 15.0. The summed E-state index contributed by atoms with van der Waals surface area (Å²) < 4.78 is 107. The van der Waals surface area contributed by atoms with Crippen molar-refractivity contribution >= 4 is 94.7 Å². The molecule has 0 aliphatic carbocycles. The summed E-state index contributed by atoms with van der Waals surface area (Å²) in [6, 6.07) is 49.5. The van der Waals surface area contributed by atoms with Crippen LogP contribution in [-0.2, 0) is 0 Å². The van der Waals surface area contributed by atoms with Gasteiger partial charge in [0, 0.05) is 67.3 Å². The van der Waals surface area contributed by atoms with Crippen LogP contribution in [0.15, 0.2) is 241 Å². The lowest BCUT2D eigenvalue weighted by Gasteiger charge is -2.30. The van der Waals surface area contributed by atoms with E-state index in [1.807, 2.05) is 121 Å². The summed E-state index contributed by atoms with van der Waals surface area (Å²) in [5.41, 5.74) is 5.85. The number of para-hydroxylation sites is 5. The van der Waals surface area contributed by atoms with Crippen LogP contribution in [0, 0.1) is 0 Å². The molecule has 11 aromatic rings. The standard InChI is InChI=1S/C56H39N3O/c1-5-18-40(19-6-1)57(41-20-7-2-8-21-41)44-32-34-45(35-33-44)58(42-22-9-3-10-23-42)46-26-17-27-47(38-46)59(43-24-11-4-12-25-43)48-36-37-50-49-28-13-14-29-51(49)56-55(53(50)39-48)52-30-15-16-31-54(52)60-56/h1-39H/i13D,14D,15D,16D,28D,29D,30D,31D,36D,37D,39D. The largest absolute Gasteiger partial charge is 0.455 e. The predicted molar refractivity (Wildman–Crippen MR) is 253 cm³/mol. The molecule has 0 aliphatic heterocycles. The number of hydrogen-bond acceptors (Lipinski definition) is 4. The van der Waals surface area contributed by atoms with E-state index in [0.29, 0.717) is 11.4 Å². The third kappa shape index (κ3) is 6.19. The molecule has 284 valence electrons. The molecular formula is C56H39N3O. The fraction of sp³-hybridized carbons (Fsp3) is 0. The van der Waals surface area contributed by atoms with E-state index in [4.69, 9.17) is 15.4 Å².